The van der Waals surface area contributed by atoms with Gasteiger partial charge in [-0.3, -0.25) is 14.3 Å². The zero-order valence-electron chi connectivity index (χ0n) is 16.8. The van der Waals surface area contributed by atoms with E-state index in [0.29, 0.717) is 0 Å². The summed E-state index contributed by atoms with van der Waals surface area (Å²) in [6.45, 7) is 3.84. The lowest BCUT2D eigenvalue weighted by atomic mass is 10.2. The number of halogens is 1. The predicted molar refractivity (Wildman–Crippen MR) is 118 cm³/mol. The van der Waals surface area contributed by atoms with Gasteiger partial charge in [0.15, 0.2) is 11.2 Å². The van der Waals surface area contributed by atoms with Crippen molar-refractivity contribution in [3.8, 4) is 0 Å². The van der Waals surface area contributed by atoms with Crippen molar-refractivity contribution in [1.82, 2.24) is 19.1 Å². The number of benzene rings is 1. The highest BCUT2D eigenvalue weighted by molar-refractivity contribution is 9.10. The van der Waals surface area contributed by atoms with Crippen LogP contribution in [0.2, 0.25) is 0 Å². The Balaban J connectivity index is 1.96. The molecule has 160 valence electrons. The Morgan fingerprint density at radius 2 is 2.03 bits per heavy atom. The number of hydrazone groups is 1. The molecule has 3 aromatic rings. The highest BCUT2D eigenvalue weighted by Gasteiger charge is 2.19. The van der Waals surface area contributed by atoms with Gasteiger partial charge in [-0.1, -0.05) is 28.1 Å². The number of nitrogens with one attached hydrogen (secondary N) is 2. The fourth-order valence-corrected chi connectivity index (χ4v) is 3.04. The van der Waals surface area contributed by atoms with Crippen molar-refractivity contribution in [2.45, 2.75) is 32.6 Å². The van der Waals surface area contributed by atoms with Gasteiger partial charge in [-0.2, -0.15) is 10.1 Å². The highest BCUT2D eigenvalue weighted by atomic mass is 79.9. The summed E-state index contributed by atoms with van der Waals surface area (Å²) >= 11 is 3.38. The molecule has 0 saturated heterocycles. The van der Waals surface area contributed by atoms with E-state index in [2.05, 4.69) is 36.4 Å². The Kier molecular flexibility index (Phi) is 6.85. The van der Waals surface area contributed by atoms with Gasteiger partial charge in [-0.15, -0.1) is 0 Å². The summed E-state index contributed by atoms with van der Waals surface area (Å²) < 4.78 is 9.12. The molecule has 3 rings (SSSR count). The number of H-pyrrole nitrogens is 1. The van der Waals surface area contributed by atoms with Crippen molar-refractivity contribution < 1.29 is 9.84 Å². The first-order valence-corrected chi connectivity index (χ1v) is 10.1. The average molecular weight is 479 g/mol. The molecule has 1 aromatic carbocycles. The zero-order valence-corrected chi connectivity index (χ0v) is 18.4. The molecular weight excluding hydrogens is 456 g/mol. The molecule has 0 spiro atoms. The van der Waals surface area contributed by atoms with E-state index in [0.717, 1.165) is 10.0 Å². The van der Waals surface area contributed by atoms with Gasteiger partial charge >= 0.3 is 5.69 Å². The minimum Gasteiger partial charge on any atom is -0.389 e. The molecule has 2 heterocycles. The largest absolute Gasteiger partial charge is 0.389 e. The van der Waals surface area contributed by atoms with Crippen molar-refractivity contribution in [1.29, 1.82) is 0 Å². The third-order valence-electron chi connectivity index (χ3n) is 4.27. The minimum atomic E-state index is -0.891. The first-order chi connectivity index (χ1) is 14.3. The normalized spacial score (nSPS) is 12.9. The second-order valence-electron chi connectivity index (χ2n) is 6.99. The van der Waals surface area contributed by atoms with Crippen molar-refractivity contribution in [2.24, 2.45) is 12.1 Å². The van der Waals surface area contributed by atoms with Gasteiger partial charge in [-0.25, -0.2) is 10.2 Å². The standard InChI is InChI=1S/C19H23BrN6O4/c1-11(2)30-10-14(27)9-26-15-16(25(3)19(29)23-17(15)28)22-18(26)24-21-8-12-4-6-13(20)7-5-12/h4-8,11,14,27H,9-10H2,1-3H3,(H,22,24)(H,23,28,29). The van der Waals surface area contributed by atoms with Crippen LogP contribution in [-0.2, 0) is 18.3 Å². The van der Waals surface area contributed by atoms with Crippen molar-refractivity contribution in [3.63, 3.8) is 0 Å². The van der Waals surface area contributed by atoms with E-state index in [1.165, 1.54) is 16.2 Å². The van der Waals surface area contributed by atoms with Crippen LogP contribution in [0.3, 0.4) is 0 Å². The molecule has 0 aliphatic heterocycles. The Labute approximate surface area is 180 Å². The van der Waals surface area contributed by atoms with Gasteiger partial charge < -0.3 is 14.4 Å². The highest BCUT2D eigenvalue weighted by Crippen LogP contribution is 2.16. The molecule has 0 amide bonds. The maximum Gasteiger partial charge on any atom is 0.329 e. The molecule has 30 heavy (non-hydrogen) atoms. The number of aromatic nitrogens is 4. The van der Waals surface area contributed by atoms with Crippen LogP contribution in [0.25, 0.3) is 11.2 Å². The van der Waals surface area contributed by atoms with Crippen molar-refractivity contribution >= 4 is 39.3 Å². The quantitative estimate of drug-likeness (QED) is 0.332. The first kappa shape index (κ1) is 21.9. The van der Waals surface area contributed by atoms with E-state index in [1.54, 1.807) is 6.21 Å². The van der Waals surface area contributed by atoms with Gasteiger partial charge in [0.2, 0.25) is 5.95 Å². The number of nitrogens with zero attached hydrogens (tertiary/aromatic N) is 4. The molecule has 2 aromatic heterocycles. The molecular formula is C19H23BrN6O4. The third-order valence-corrected chi connectivity index (χ3v) is 4.80. The lowest BCUT2D eigenvalue weighted by molar-refractivity contribution is -0.000105. The van der Waals surface area contributed by atoms with E-state index in [1.807, 2.05) is 38.1 Å². The number of aromatic amines is 1. The van der Waals surface area contributed by atoms with Crippen LogP contribution >= 0.6 is 15.9 Å². The SMILES string of the molecule is CC(C)OCC(O)Cn1c(NN=Cc2ccc(Br)cc2)nc2c1c(=O)[nH]c(=O)n2C. The molecule has 11 heteroatoms. The van der Waals surface area contributed by atoms with Crippen molar-refractivity contribution in [2.75, 3.05) is 12.0 Å². The van der Waals surface area contributed by atoms with E-state index >= 15 is 0 Å². The molecule has 0 bridgehead atoms. The predicted octanol–water partition coefficient (Wildman–Crippen LogP) is 1.42. The number of aliphatic hydroxyl groups excluding tert-OH is 1. The number of hydrogen-bond acceptors (Lipinski definition) is 7. The van der Waals surface area contributed by atoms with E-state index in [9.17, 15) is 14.7 Å². The van der Waals surface area contributed by atoms with Gasteiger partial charge in [0, 0.05) is 11.5 Å². The second kappa shape index (κ2) is 9.37. The number of imidazole rings is 1. The molecule has 1 atom stereocenters. The number of aryl methyl sites for hydroxylation is 1. The average Bonchev–Trinajstić information content (AvgIpc) is 3.05. The lowest BCUT2D eigenvalue weighted by Gasteiger charge is -2.15. The fraction of sp³-hybridized carbons (Fsp3) is 0.368. The summed E-state index contributed by atoms with van der Waals surface area (Å²) in [6.07, 6.45) is 0.659. The smallest absolute Gasteiger partial charge is 0.329 e. The van der Waals surface area contributed by atoms with E-state index in [4.69, 9.17) is 4.74 Å². The minimum absolute atomic E-state index is 0.0284. The van der Waals surface area contributed by atoms with Gasteiger partial charge in [0.05, 0.1) is 31.6 Å². The maximum atomic E-state index is 12.4. The topological polar surface area (TPSA) is 127 Å². The summed E-state index contributed by atoms with van der Waals surface area (Å²) in [6, 6.07) is 7.52. The molecule has 0 saturated carbocycles. The summed E-state index contributed by atoms with van der Waals surface area (Å²) in [5.41, 5.74) is 2.81. The molecule has 10 nitrogen and oxygen atoms in total. The molecule has 1 unspecified atom stereocenters. The molecule has 0 radical (unpaired) electrons. The Morgan fingerprint density at radius 3 is 2.70 bits per heavy atom. The van der Waals surface area contributed by atoms with Gasteiger partial charge in [0.25, 0.3) is 5.56 Å². The second-order valence-corrected chi connectivity index (χ2v) is 7.91. The van der Waals surface area contributed by atoms with Gasteiger partial charge in [0.1, 0.15) is 0 Å². The Morgan fingerprint density at radius 1 is 1.33 bits per heavy atom. The number of fused-ring (bicyclic) bond motifs is 1. The first-order valence-electron chi connectivity index (χ1n) is 9.30. The van der Waals surface area contributed by atoms with Gasteiger partial charge in [-0.05, 0) is 31.5 Å². The lowest BCUT2D eigenvalue weighted by Crippen LogP contribution is -2.30. The monoisotopic (exact) mass is 478 g/mol. The Hall–Kier alpha value is -2.76. The molecule has 0 aliphatic carbocycles. The zero-order chi connectivity index (χ0) is 21.8. The Bertz CT molecular complexity index is 1160. The van der Waals surface area contributed by atoms with Crippen LogP contribution in [0, 0.1) is 0 Å². The molecule has 3 N–H and O–H groups in total. The van der Waals surface area contributed by atoms with Crippen LogP contribution in [-0.4, -0.2) is 49.2 Å². The fourth-order valence-electron chi connectivity index (χ4n) is 2.78. The molecule has 0 aliphatic rings. The summed E-state index contributed by atoms with van der Waals surface area (Å²) in [5.74, 6) is 0.216. The van der Waals surface area contributed by atoms with Crippen molar-refractivity contribution in [3.05, 3.63) is 55.1 Å². The molecule has 0 fully saturated rings. The summed E-state index contributed by atoms with van der Waals surface area (Å²) in [5, 5.41) is 14.5. The number of anilines is 1. The maximum absolute atomic E-state index is 12.4. The van der Waals surface area contributed by atoms with Crippen LogP contribution < -0.4 is 16.7 Å². The summed E-state index contributed by atoms with van der Waals surface area (Å²) in [4.78, 5) is 31.0. The third kappa shape index (κ3) is 5.04. The number of aliphatic hydroxyl groups is 1. The van der Waals surface area contributed by atoms with Crippen LogP contribution in [0.15, 0.2) is 43.4 Å². The van der Waals surface area contributed by atoms with Crippen LogP contribution in [0.5, 0.6) is 0 Å². The van der Waals surface area contributed by atoms with E-state index in [-0.39, 0.29) is 36.4 Å². The number of ether oxygens (including phenoxy) is 1. The number of rotatable bonds is 8. The van der Waals surface area contributed by atoms with E-state index < -0.39 is 17.4 Å². The van der Waals surface area contributed by atoms with Crippen LogP contribution in [0.1, 0.15) is 19.4 Å². The summed E-state index contributed by atoms with van der Waals surface area (Å²) in [7, 11) is 1.51. The van der Waals surface area contributed by atoms with Crippen LogP contribution in [0.4, 0.5) is 5.95 Å². The number of hydrogen-bond donors (Lipinski definition) is 3.